The zero-order valence-corrected chi connectivity index (χ0v) is 18.0. The zero-order chi connectivity index (χ0) is 21.8. The van der Waals surface area contributed by atoms with Crippen LogP contribution in [-0.2, 0) is 28.2 Å². The molecular formula is C22H29N5O4. The lowest BCUT2D eigenvalue weighted by Crippen LogP contribution is -2.53. The number of ketones is 1. The van der Waals surface area contributed by atoms with E-state index in [1.54, 1.807) is 19.4 Å². The highest BCUT2D eigenvalue weighted by Crippen LogP contribution is 2.29. The summed E-state index contributed by atoms with van der Waals surface area (Å²) in [6.07, 6.45) is 4.50. The fourth-order valence-corrected chi connectivity index (χ4v) is 4.25. The number of aryl methyl sites for hydroxylation is 1. The summed E-state index contributed by atoms with van der Waals surface area (Å²) in [6.45, 7) is 5.65. The normalized spacial score (nSPS) is 21.2. The summed E-state index contributed by atoms with van der Waals surface area (Å²) in [7, 11) is 1.59. The molecule has 9 heteroatoms. The highest BCUT2D eigenvalue weighted by Gasteiger charge is 2.46. The lowest BCUT2D eigenvalue weighted by Gasteiger charge is -2.35. The molecule has 31 heavy (non-hydrogen) atoms. The van der Waals surface area contributed by atoms with E-state index in [1.165, 1.54) is 0 Å². The Kier molecular flexibility index (Phi) is 6.35. The van der Waals surface area contributed by atoms with Gasteiger partial charge in [0.1, 0.15) is 11.3 Å². The zero-order valence-electron chi connectivity index (χ0n) is 18.0. The van der Waals surface area contributed by atoms with Crippen molar-refractivity contribution in [3.05, 3.63) is 47.3 Å². The molecule has 4 rings (SSSR count). The maximum Gasteiger partial charge on any atom is 0.247 e. The Morgan fingerprint density at radius 3 is 2.87 bits per heavy atom. The largest absolute Gasteiger partial charge is 0.497 e. The van der Waals surface area contributed by atoms with E-state index in [0.29, 0.717) is 44.3 Å². The Bertz CT molecular complexity index is 959. The second kappa shape index (κ2) is 9.17. The van der Waals surface area contributed by atoms with Gasteiger partial charge in [-0.1, -0.05) is 6.07 Å². The highest BCUT2D eigenvalue weighted by atomic mass is 16.5. The van der Waals surface area contributed by atoms with Crippen LogP contribution < -0.4 is 15.4 Å². The lowest BCUT2D eigenvalue weighted by atomic mass is 9.90. The van der Waals surface area contributed by atoms with Gasteiger partial charge in [0, 0.05) is 50.2 Å². The van der Waals surface area contributed by atoms with E-state index in [4.69, 9.17) is 9.47 Å². The Balaban J connectivity index is 1.52. The van der Waals surface area contributed by atoms with Crippen molar-refractivity contribution in [2.75, 3.05) is 40.1 Å². The molecule has 166 valence electrons. The van der Waals surface area contributed by atoms with E-state index in [0.717, 1.165) is 24.1 Å². The van der Waals surface area contributed by atoms with Gasteiger partial charge in [-0.15, -0.1) is 0 Å². The number of Topliss-reactive ketones (excluding diaryl/α,β-unsaturated/α-hetero) is 1. The van der Waals surface area contributed by atoms with Gasteiger partial charge in [0.2, 0.25) is 5.91 Å². The number of benzene rings is 1. The molecule has 0 spiro atoms. The summed E-state index contributed by atoms with van der Waals surface area (Å²) in [5, 5.41) is 10.6. The number of carbonyl (C=O) groups is 2. The van der Waals surface area contributed by atoms with Gasteiger partial charge in [-0.3, -0.25) is 24.5 Å². The maximum absolute atomic E-state index is 12.9. The van der Waals surface area contributed by atoms with Crippen LogP contribution in [0.25, 0.3) is 0 Å². The highest BCUT2D eigenvalue weighted by molar-refractivity contribution is 6.00. The van der Waals surface area contributed by atoms with Crippen LogP contribution >= 0.6 is 0 Å². The van der Waals surface area contributed by atoms with Gasteiger partial charge < -0.3 is 14.8 Å². The number of hydrogen-bond donors (Lipinski definition) is 2. The number of methoxy groups -OCH3 is 1. The first-order chi connectivity index (χ1) is 15.1. The smallest absolute Gasteiger partial charge is 0.247 e. The SMILES string of the molecule is CCOCCCn1cc([C@]2(CN3CC(=O)c4cc(OC)ccc4C3)NCNC2=O)cn1. The standard InChI is InChI=1S/C22H29N5O4/c1-3-31-8-4-7-27-12-17(10-25-27)22(21(29)23-15-24-22)14-26-11-16-5-6-18(30-2)9-19(16)20(28)13-26/h5-6,9-10,12,24H,3-4,7-8,11,13-15H2,1-2H3,(H,23,29)/t22-/m0/s1. The molecule has 1 aromatic carbocycles. The third kappa shape index (κ3) is 4.34. The number of nitrogens with zero attached hydrogens (tertiary/aromatic N) is 3. The Morgan fingerprint density at radius 1 is 1.26 bits per heavy atom. The third-order valence-electron chi connectivity index (χ3n) is 5.87. The minimum Gasteiger partial charge on any atom is -0.497 e. The van der Waals surface area contributed by atoms with Crippen LogP contribution in [0.2, 0.25) is 0 Å². The molecule has 1 amide bonds. The van der Waals surface area contributed by atoms with Crippen LogP contribution in [0.15, 0.2) is 30.6 Å². The van der Waals surface area contributed by atoms with E-state index in [9.17, 15) is 9.59 Å². The Morgan fingerprint density at radius 2 is 2.13 bits per heavy atom. The summed E-state index contributed by atoms with van der Waals surface area (Å²) in [5.74, 6) is 0.597. The number of aromatic nitrogens is 2. The van der Waals surface area contributed by atoms with Crippen molar-refractivity contribution in [3.8, 4) is 5.75 Å². The van der Waals surface area contributed by atoms with Crippen molar-refractivity contribution in [2.45, 2.75) is 32.0 Å². The minimum absolute atomic E-state index is 0.0281. The summed E-state index contributed by atoms with van der Waals surface area (Å²) in [6, 6.07) is 5.57. The molecule has 1 fully saturated rings. The van der Waals surface area contributed by atoms with Crippen LogP contribution in [0.3, 0.4) is 0 Å². The summed E-state index contributed by atoms with van der Waals surface area (Å²) in [5.41, 5.74) is 1.49. The third-order valence-corrected chi connectivity index (χ3v) is 5.87. The van der Waals surface area contributed by atoms with Crippen molar-refractivity contribution < 1.29 is 19.1 Å². The van der Waals surface area contributed by atoms with Crippen molar-refractivity contribution in [1.29, 1.82) is 0 Å². The first-order valence-electron chi connectivity index (χ1n) is 10.6. The molecule has 2 aromatic rings. The number of fused-ring (bicyclic) bond motifs is 1. The van der Waals surface area contributed by atoms with Crippen LogP contribution in [0, 0.1) is 0 Å². The van der Waals surface area contributed by atoms with E-state index in [1.807, 2.05) is 34.8 Å². The first-order valence-corrected chi connectivity index (χ1v) is 10.6. The second-order valence-electron chi connectivity index (χ2n) is 7.90. The average Bonchev–Trinajstić information content (AvgIpc) is 3.39. The average molecular weight is 428 g/mol. The molecule has 1 atom stereocenters. The molecular weight excluding hydrogens is 398 g/mol. The maximum atomic E-state index is 12.9. The summed E-state index contributed by atoms with van der Waals surface area (Å²) < 4.78 is 12.5. The van der Waals surface area contributed by atoms with Gasteiger partial charge in [-0.05, 0) is 31.0 Å². The van der Waals surface area contributed by atoms with E-state index in [-0.39, 0.29) is 18.2 Å². The second-order valence-corrected chi connectivity index (χ2v) is 7.90. The molecule has 0 bridgehead atoms. The Labute approximate surface area is 181 Å². The van der Waals surface area contributed by atoms with Crippen LogP contribution in [0.1, 0.15) is 34.8 Å². The fraction of sp³-hybridized carbons (Fsp3) is 0.500. The van der Waals surface area contributed by atoms with Gasteiger partial charge in [0.05, 0.1) is 26.5 Å². The monoisotopic (exact) mass is 427 g/mol. The van der Waals surface area contributed by atoms with E-state index in [2.05, 4.69) is 15.7 Å². The molecule has 3 heterocycles. The van der Waals surface area contributed by atoms with E-state index < -0.39 is 5.54 Å². The van der Waals surface area contributed by atoms with Crippen LogP contribution in [-0.4, -0.2) is 66.5 Å². The molecule has 0 aliphatic carbocycles. The Hall–Kier alpha value is -2.75. The van der Waals surface area contributed by atoms with Gasteiger partial charge in [-0.25, -0.2) is 0 Å². The van der Waals surface area contributed by atoms with Gasteiger partial charge >= 0.3 is 0 Å². The number of nitrogens with one attached hydrogen (secondary N) is 2. The number of amides is 1. The molecule has 9 nitrogen and oxygen atoms in total. The first kappa shape index (κ1) is 21.5. The quantitative estimate of drug-likeness (QED) is 0.574. The number of rotatable bonds is 9. The van der Waals surface area contributed by atoms with Crippen molar-refractivity contribution >= 4 is 11.7 Å². The van der Waals surface area contributed by atoms with Crippen LogP contribution in [0.5, 0.6) is 5.75 Å². The summed E-state index contributed by atoms with van der Waals surface area (Å²) >= 11 is 0. The number of hydrogen-bond acceptors (Lipinski definition) is 7. The van der Waals surface area contributed by atoms with Crippen molar-refractivity contribution in [1.82, 2.24) is 25.3 Å². The van der Waals surface area contributed by atoms with Gasteiger partial charge in [0.25, 0.3) is 0 Å². The predicted octanol–water partition coefficient (Wildman–Crippen LogP) is 0.889. The molecule has 2 aliphatic heterocycles. The van der Waals surface area contributed by atoms with Crippen LogP contribution in [0.4, 0.5) is 0 Å². The van der Waals surface area contributed by atoms with Gasteiger partial charge in [0.15, 0.2) is 5.78 Å². The number of ether oxygens (including phenoxy) is 2. The fourth-order valence-electron chi connectivity index (χ4n) is 4.25. The predicted molar refractivity (Wildman–Crippen MR) is 114 cm³/mol. The minimum atomic E-state index is -0.942. The molecule has 2 N–H and O–H groups in total. The lowest BCUT2D eigenvalue weighted by molar-refractivity contribution is -0.125. The van der Waals surface area contributed by atoms with Crippen molar-refractivity contribution in [2.24, 2.45) is 0 Å². The van der Waals surface area contributed by atoms with E-state index >= 15 is 0 Å². The molecule has 1 aromatic heterocycles. The number of carbonyl (C=O) groups excluding carboxylic acids is 2. The molecule has 1 saturated heterocycles. The topological polar surface area (TPSA) is 97.7 Å². The van der Waals surface area contributed by atoms with Gasteiger partial charge in [-0.2, -0.15) is 5.10 Å². The van der Waals surface area contributed by atoms with Crippen molar-refractivity contribution in [3.63, 3.8) is 0 Å². The molecule has 0 saturated carbocycles. The molecule has 2 aliphatic rings. The summed E-state index contributed by atoms with van der Waals surface area (Å²) in [4.78, 5) is 27.7. The molecule has 0 radical (unpaired) electrons. The molecule has 0 unspecified atom stereocenters.